The maximum absolute atomic E-state index is 5.80. The number of ether oxygens (including phenoxy) is 1. The van der Waals surface area contributed by atoms with Gasteiger partial charge in [-0.25, -0.2) is 0 Å². The van der Waals surface area contributed by atoms with Gasteiger partial charge in [-0.15, -0.1) is 0 Å². The molecule has 0 fully saturated rings. The van der Waals surface area contributed by atoms with Crippen molar-refractivity contribution in [3.63, 3.8) is 0 Å². The van der Waals surface area contributed by atoms with E-state index in [0.29, 0.717) is 0 Å². The average molecular weight is 322 g/mol. The van der Waals surface area contributed by atoms with Crippen LogP contribution in [0.15, 0.2) is 33.4 Å². The largest absolute Gasteiger partial charge is 0.493 e. The Kier molecular flexibility index (Phi) is 3.37. The minimum Gasteiger partial charge on any atom is -0.493 e. The van der Waals surface area contributed by atoms with Gasteiger partial charge in [0.25, 0.3) is 0 Å². The molecule has 0 radical (unpaired) electrons. The van der Waals surface area contributed by atoms with Gasteiger partial charge in [0.15, 0.2) is 0 Å². The Morgan fingerprint density at radius 1 is 1.37 bits per heavy atom. The summed E-state index contributed by atoms with van der Waals surface area (Å²) < 4.78 is 12.5. The van der Waals surface area contributed by atoms with Gasteiger partial charge >= 0.3 is 0 Å². The third kappa shape index (κ3) is 2.19. The topological polar surface area (TPSA) is 34.4 Å². The van der Waals surface area contributed by atoms with Crippen LogP contribution in [0, 0.1) is 6.92 Å². The second-order valence-corrected chi connectivity index (χ2v) is 5.69. The van der Waals surface area contributed by atoms with Crippen molar-refractivity contribution in [1.82, 2.24) is 5.32 Å². The first-order chi connectivity index (χ1) is 9.20. The molecule has 1 N–H and O–H groups in total. The van der Waals surface area contributed by atoms with Gasteiger partial charge in [-0.1, -0.05) is 15.9 Å². The van der Waals surface area contributed by atoms with Crippen LogP contribution >= 0.6 is 15.9 Å². The molecule has 1 unspecified atom stereocenters. The molecule has 3 nitrogen and oxygen atoms in total. The molecule has 19 heavy (non-hydrogen) atoms. The molecule has 0 saturated carbocycles. The van der Waals surface area contributed by atoms with Gasteiger partial charge in [0, 0.05) is 16.5 Å². The molecule has 100 valence electrons. The predicted molar refractivity (Wildman–Crippen MR) is 77.7 cm³/mol. The van der Waals surface area contributed by atoms with Gasteiger partial charge in [-0.05, 0) is 43.3 Å². The molecule has 1 aromatic carbocycles. The molecule has 1 aromatic heterocycles. The molecular formula is C15H16BrNO2. The standard InChI is InChI=1S/C15H16BrNO2/c1-9-3-5-18-14(9)13(17-2)12-8-11(16)7-10-4-6-19-15(10)12/h3,5,7-8,13,17H,4,6H2,1-2H3. The minimum absolute atomic E-state index is 0.0133. The van der Waals surface area contributed by atoms with E-state index in [1.54, 1.807) is 6.26 Å². The highest BCUT2D eigenvalue weighted by Gasteiger charge is 2.26. The molecule has 2 heterocycles. The van der Waals surface area contributed by atoms with Crippen molar-refractivity contribution in [3.05, 3.63) is 51.4 Å². The van der Waals surface area contributed by atoms with E-state index in [4.69, 9.17) is 9.15 Å². The Balaban J connectivity index is 2.12. The Labute approximate surface area is 121 Å². The molecule has 0 amide bonds. The predicted octanol–water partition coefficient (Wildman–Crippen LogP) is 3.59. The second kappa shape index (κ2) is 5.02. The fourth-order valence-corrected chi connectivity index (χ4v) is 3.14. The number of fused-ring (bicyclic) bond motifs is 1. The van der Waals surface area contributed by atoms with Crippen LogP contribution in [-0.2, 0) is 6.42 Å². The van der Waals surface area contributed by atoms with Crippen LogP contribution in [0.2, 0.25) is 0 Å². The van der Waals surface area contributed by atoms with Crippen LogP contribution in [0.4, 0.5) is 0 Å². The van der Waals surface area contributed by atoms with E-state index in [1.807, 2.05) is 13.1 Å². The summed E-state index contributed by atoms with van der Waals surface area (Å²) in [6.07, 6.45) is 2.70. The van der Waals surface area contributed by atoms with Crippen molar-refractivity contribution in [2.45, 2.75) is 19.4 Å². The van der Waals surface area contributed by atoms with E-state index in [-0.39, 0.29) is 6.04 Å². The number of benzene rings is 1. The quantitative estimate of drug-likeness (QED) is 0.938. The Morgan fingerprint density at radius 2 is 2.21 bits per heavy atom. The molecule has 0 spiro atoms. The van der Waals surface area contributed by atoms with E-state index in [1.165, 1.54) is 5.56 Å². The zero-order chi connectivity index (χ0) is 13.4. The van der Waals surface area contributed by atoms with Gasteiger partial charge in [0.1, 0.15) is 11.5 Å². The van der Waals surface area contributed by atoms with E-state index in [2.05, 4.69) is 40.3 Å². The van der Waals surface area contributed by atoms with Gasteiger partial charge < -0.3 is 14.5 Å². The Hall–Kier alpha value is -1.26. The number of hydrogen-bond acceptors (Lipinski definition) is 3. The Bertz CT molecular complexity index is 606. The van der Waals surface area contributed by atoms with Gasteiger partial charge in [0.2, 0.25) is 0 Å². The average Bonchev–Trinajstić information content (AvgIpc) is 2.99. The summed E-state index contributed by atoms with van der Waals surface area (Å²) in [6.45, 7) is 2.81. The Morgan fingerprint density at radius 3 is 2.89 bits per heavy atom. The SMILES string of the molecule is CNC(c1cc(Br)cc2c1OCC2)c1occc1C. The number of rotatable bonds is 3. The zero-order valence-electron chi connectivity index (χ0n) is 11.0. The monoisotopic (exact) mass is 321 g/mol. The van der Waals surface area contributed by atoms with Gasteiger partial charge in [0.05, 0.1) is 18.9 Å². The van der Waals surface area contributed by atoms with Crippen LogP contribution < -0.4 is 10.1 Å². The normalized spacial score (nSPS) is 15.1. The lowest BCUT2D eigenvalue weighted by atomic mass is 9.98. The summed E-state index contributed by atoms with van der Waals surface area (Å²) >= 11 is 3.58. The highest BCUT2D eigenvalue weighted by atomic mass is 79.9. The van der Waals surface area contributed by atoms with Crippen LogP contribution in [0.1, 0.15) is 28.5 Å². The molecule has 1 aliphatic heterocycles. The summed E-state index contributed by atoms with van der Waals surface area (Å²) in [6, 6.07) is 6.24. The van der Waals surface area contributed by atoms with Crippen molar-refractivity contribution in [2.75, 3.05) is 13.7 Å². The van der Waals surface area contributed by atoms with Gasteiger partial charge in [-0.3, -0.25) is 0 Å². The van der Waals surface area contributed by atoms with Crippen molar-refractivity contribution in [3.8, 4) is 5.75 Å². The number of hydrogen-bond donors (Lipinski definition) is 1. The third-order valence-electron chi connectivity index (χ3n) is 3.54. The van der Waals surface area contributed by atoms with Crippen LogP contribution in [0.5, 0.6) is 5.75 Å². The highest BCUT2D eigenvalue weighted by molar-refractivity contribution is 9.10. The number of aryl methyl sites for hydroxylation is 1. The van der Waals surface area contributed by atoms with Crippen molar-refractivity contribution in [2.24, 2.45) is 0 Å². The summed E-state index contributed by atoms with van der Waals surface area (Å²) in [5, 5.41) is 3.32. The minimum atomic E-state index is 0.0133. The van der Waals surface area contributed by atoms with Crippen LogP contribution in [0.3, 0.4) is 0 Å². The summed E-state index contributed by atoms with van der Waals surface area (Å²) in [5.74, 6) is 1.94. The molecule has 0 bridgehead atoms. The smallest absolute Gasteiger partial charge is 0.128 e. The van der Waals surface area contributed by atoms with E-state index < -0.39 is 0 Å². The molecule has 0 aliphatic carbocycles. The second-order valence-electron chi connectivity index (χ2n) is 4.77. The lowest BCUT2D eigenvalue weighted by Gasteiger charge is -2.18. The first kappa shape index (κ1) is 12.8. The van der Waals surface area contributed by atoms with Crippen LogP contribution in [0.25, 0.3) is 0 Å². The summed E-state index contributed by atoms with van der Waals surface area (Å²) in [4.78, 5) is 0. The van der Waals surface area contributed by atoms with Crippen molar-refractivity contribution in [1.29, 1.82) is 0 Å². The molecule has 3 rings (SSSR count). The fraction of sp³-hybridized carbons (Fsp3) is 0.333. The lowest BCUT2D eigenvalue weighted by molar-refractivity contribution is 0.348. The first-order valence-electron chi connectivity index (χ1n) is 6.37. The van der Waals surface area contributed by atoms with E-state index in [9.17, 15) is 0 Å². The maximum Gasteiger partial charge on any atom is 0.128 e. The molecule has 1 atom stereocenters. The molecule has 0 saturated heterocycles. The maximum atomic E-state index is 5.80. The van der Waals surface area contributed by atoms with E-state index in [0.717, 1.165) is 40.1 Å². The zero-order valence-corrected chi connectivity index (χ0v) is 12.6. The van der Waals surface area contributed by atoms with Crippen molar-refractivity contribution >= 4 is 15.9 Å². The highest BCUT2D eigenvalue weighted by Crippen LogP contribution is 2.39. The number of furan rings is 1. The fourth-order valence-electron chi connectivity index (χ4n) is 2.62. The molecule has 4 heteroatoms. The lowest BCUT2D eigenvalue weighted by Crippen LogP contribution is -2.18. The number of nitrogens with one attached hydrogen (secondary N) is 1. The number of halogens is 1. The van der Waals surface area contributed by atoms with Crippen molar-refractivity contribution < 1.29 is 9.15 Å². The third-order valence-corrected chi connectivity index (χ3v) is 4.00. The van der Waals surface area contributed by atoms with E-state index >= 15 is 0 Å². The summed E-state index contributed by atoms with van der Waals surface area (Å²) in [5.41, 5.74) is 3.53. The first-order valence-corrected chi connectivity index (χ1v) is 7.16. The molecule has 1 aliphatic rings. The van der Waals surface area contributed by atoms with Crippen LogP contribution in [-0.4, -0.2) is 13.7 Å². The molecule has 2 aromatic rings. The molecular weight excluding hydrogens is 306 g/mol. The summed E-state index contributed by atoms with van der Waals surface area (Å²) in [7, 11) is 1.94. The van der Waals surface area contributed by atoms with Gasteiger partial charge in [-0.2, -0.15) is 0 Å².